The normalized spacial score (nSPS) is 26.1. The number of halogens is 1. The lowest BCUT2D eigenvalue weighted by Gasteiger charge is -2.18. The van der Waals surface area contributed by atoms with Gasteiger partial charge in [-0.1, -0.05) is 13.8 Å². The predicted octanol–water partition coefficient (Wildman–Crippen LogP) is 2.07. The first-order valence-electron chi connectivity index (χ1n) is 7.75. The summed E-state index contributed by atoms with van der Waals surface area (Å²) < 4.78 is 5.82. The van der Waals surface area contributed by atoms with Crippen LogP contribution in [0.15, 0.2) is 0 Å². The van der Waals surface area contributed by atoms with Gasteiger partial charge in [-0.3, -0.25) is 4.79 Å². The molecule has 2 aliphatic heterocycles. The van der Waals surface area contributed by atoms with Crippen LogP contribution < -0.4 is 5.32 Å². The van der Waals surface area contributed by atoms with Crippen LogP contribution >= 0.6 is 12.4 Å². The summed E-state index contributed by atoms with van der Waals surface area (Å²) in [5.74, 6) is 1.60. The molecule has 2 rings (SSSR count). The average molecular weight is 305 g/mol. The quantitative estimate of drug-likeness (QED) is 0.817. The Balaban J connectivity index is 0.00000200. The second-order valence-electron chi connectivity index (χ2n) is 6.38. The van der Waals surface area contributed by atoms with Gasteiger partial charge in [-0.15, -0.1) is 12.4 Å². The number of hydrogen-bond donors (Lipinski definition) is 1. The first kappa shape index (κ1) is 17.7. The fourth-order valence-electron chi connectivity index (χ4n) is 2.87. The molecule has 1 amide bonds. The lowest BCUT2D eigenvalue weighted by Crippen LogP contribution is -2.30. The van der Waals surface area contributed by atoms with Gasteiger partial charge in [0.05, 0.1) is 6.10 Å². The Hall–Kier alpha value is -0.320. The minimum Gasteiger partial charge on any atom is -0.376 e. The summed E-state index contributed by atoms with van der Waals surface area (Å²) in [5.41, 5.74) is 0. The first-order chi connectivity index (χ1) is 9.15. The van der Waals surface area contributed by atoms with Crippen LogP contribution in [-0.4, -0.2) is 49.7 Å². The average Bonchev–Trinajstić information content (AvgIpc) is 3.04. The molecule has 2 unspecified atom stereocenters. The molecule has 2 aliphatic rings. The number of ether oxygens (including phenoxy) is 1. The molecule has 4 nitrogen and oxygen atoms in total. The summed E-state index contributed by atoms with van der Waals surface area (Å²) in [6.45, 7) is 9.02. The zero-order valence-electron chi connectivity index (χ0n) is 12.8. The zero-order chi connectivity index (χ0) is 13.7. The summed E-state index contributed by atoms with van der Waals surface area (Å²) >= 11 is 0. The molecule has 0 aromatic rings. The third-order valence-corrected chi connectivity index (χ3v) is 4.09. The molecule has 0 aliphatic carbocycles. The van der Waals surface area contributed by atoms with Gasteiger partial charge in [0.2, 0.25) is 5.91 Å². The molecule has 0 bridgehead atoms. The van der Waals surface area contributed by atoms with Gasteiger partial charge in [-0.05, 0) is 44.2 Å². The molecule has 2 saturated heterocycles. The van der Waals surface area contributed by atoms with Crippen LogP contribution in [0.3, 0.4) is 0 Å². The van der Waals surface area contributed by atoms with Gasteiger partial charge in [-0.2, -0.15) is 0 Å². The van der Waals surface area contributed by atoms with E-state index in [4.69, 9.17) is 4.74 Å². The second-order valence-corrected chi connectivity index (χ2v) is 6.38. The molecule has 0 aromatic heterocycles. The molecular weight excluding hydrogens is 276 g/mol. The standard InChI is InChI=1S/C15H28N2O2.ClH/c1-12(2)11-19-14-6-8-17(10-14)15(18)4-3-13-5-7-16-9-13;/h12-14,16H,3-11H2,1-2H3;1H. The third kappa shape index (κ3) is 5.58. The largest absolute Gasteiger partial charge is 0.376 e. The van der Waals surface area contributed by atoms with Crippen molar-refractivity contribution in [2.75, 3.05) is 32.8 Å². The summed E-state index contributed by atoms with van der Waals surface area (Å²) in [4.78, 5) is 14.1. The fraction of sp³-hybridized carbons (Fsp3) is 0.933. The Kier molecular flexibility index (Phi) is 7.85. The fourth-order valence-corrected chi connectivity index (χ4v) is 2.87. The number of nitrogens with zero attached hydrogens (tertiary/aromatic N) is 1. The molecule has 0 spiro atoms. The molecule has 0 saturated carbocycles. The van der Waals surface area contributed by atoms with Gasteiger partial charge in [0.25, 0.3) is 0 Å². The zero-order valence-corrected chi connectivity index (χ0v) is 13.6. The second kappa shape index (κ2) is 8.85. The Morgan fingerprint density at radius 1 is 1.40 bits per heavy atom. The van der Waals surface area contributed by atoms with Crippen LogP contribution in [0.25, 0.3) is 0 Å². The van der Waals surface area contributed by atoms with Gasteiger partial charge < -0.3 is 15.0 Å². The molecule has 20 heavy (non-hydrogen) atoms. The van der Waals surface area contributed by atoms with Crippen molar-refractivity contribution in [2.45, 2.75) is 45.6 Å². The van der Waals surface area contributed by atoms with Crippen LogP contribution in [0.5, 0.6) is 0 Å². The molecule has 5 heteroatoms. The number of nitrogens with one attached hydrogen (secondary N) is 1. The number of rotatable bonds is 6. The highest BCUT2D eigenvalue weighted by Gasteiger charge is 2.27. The van der Waals surface area contributed by atoms with Crippen LogP contribution in [0, 0.1) is 11.8 Å². The van der Waals surface area contributed by atoms with Crippen LogP contribution in [0.2, 0.25) is 0 Å². The number of likely N-dealkylation sites (tertiary alicyclic amines) is 1. The Bertz CT molecular complexity index is 294. The number of hydrogen-bond acceptors (Lipinski definition) is 3. The molecule has 2 fully saturated rings. The van der Waals surface area contributed by atoms with Crippen molar-refractivity contribution in [3.8, 4) is 0 Å². The van der Waals surface area contributed by atoms with Gasteiger partial charge in [0, 0.05) is 26.1 Å². The minimum absolute atomic E-state index is 0. The topological polar surface area (TPSA) is 41.6 Å². The Morgan fingerprint density at radius 2 is 2.20 bits per heavy atom. The first-order valence-corrected chi connectivity index (χ1v) is 7.75. The predicted molar refractivity (Wildman–Crippen MR) is 83.2 cm³/mol. The van der Waals surface area contributed by atoms with E-state index >= 15 is 0 Å². The van der Waals surface area contributed by atoms with Crippen molar-refractivity contribution in [3.05, 3.63) is 0 Å². The minimum atomic E-state index is 0. The smallest absolute Gasteiger partial charge is 0.222 e. The van der Waals surface area contributed by atoms with Crippen molar-refractivity contribution in [1.29, 1.82) is 0 Å². The van der Waals surface area contributed by atoms with Crippen molar-refractivity contribution >= 4 is 18.3 Å². The van der Waals surface area contributed by atoms with E-state index in [9.17, 15) is 4.79 Å². The highest BCUT2D eigenvalue weighted by Crippen LogP contribution is 2.18. The lowest BCUT2D eigenvalue weighted by molar-refractivity contribution is -0.131. The van der Waals surface area contributed by atoms with Crippen LogP contribution in [0.1, 0.15) is 39.5 Å². The number of carbonyl (C=O) groups excluding carboxylic acids is 1. The number of amides is 1. The van der Waals surface area contributed by atoms with Gasteiger partial charge in [0.15, 0.2) is 0 Å². The summed E-state index contributed by atoms with van der Waals surface area (Å²) in [7, 11) is 0. The molecular formula is C15H29ClN2O2. The van der Waals surface area contributed by atoms with E-state index in [2.05, 4.69) is 19.2 Å². The number of carbonyl (C=O) groups is 1. The van der Waals surface area contributed by atoms with E-state index < -0.39 is 0 Å². The summed E-state index contributed by atoms with van der Waals surface area (Å²) in [5, 5.41) is 3.36. The SMILES string of the molecule is CC(C)COC1CCN(C(=O)CCC2CCNC2)C1.Cl. The lowest BCUT2D eigenvalue weighted by atomic mass is 10.0. The Morgan fingerprint density at radius 3 is 2.85 bits per heavy atom. The van der Waals surface area contributed by atoms with Gasteiger partial charge in [0.1, 0.15) is 0 Å². The molecule has 2 heterocycles. The van der Waals surface area contributed by atoms with Crippen molar-refractivity contribution in [1.82, 2.24) is 10.2 Å². The molecule has 0 radical (unpaired) electrons. The third-order valence-electron chi connectivity index (χ3n) is 4.09. The molecule has 2 atom stereocenters. The maximum atomic E-state index is 12.1. The van der Waals surface area contributed by atoms with Crippen LogP contribution in [-0.2, 0) is 9.53 Å². The van der Waals surface area contributed by atoms with E-state index in [1.54, 1.807) is 0 Å². The summed E-state index contributed by atoms with van der Waals surface area (Å²) in [6, 6.07) is 0. The van der Waals surface area contributed by atoms with E-state index in [1.165, 1.54) is 6.42 Å². The maximum Gasteiger partial charge on any atom is 0.222 e. The van der Waals surface area contributed by atoms with E-state index in [1.807, 2.05) is 4.90 Å². The monoisotopic (exact) mass is 304 g/mol. The van der Waals surface area contributed by atoms with Gasteiger partial charge >= 0.3 is 0 Å². The van der Waals surface area contributed by atoms with Gasteiger partial charge in [-0.25, -0.2) is 0 Å². The van der Waals surface area contributed by atoms with E-state index in [-0.39, 0.29) is 18.5 Å². The maximum absolute atomic E-state index is 12.1. The van der Waals surface area contributed by atoms with Crippen LogP contribution in [0.4, 0.5) is 0 Å². The molecule has 1 N–H and O–H groups in total. The van der Waals surface area contributed by atoms with E-state index in [0.29, 0.717) is 24.2 Å². The van der Waals surface area contributed by atoms with E-state index in [0.717, 1.165) is 45.6 Å². The van der Waals surface area contributed by atoms with Crippen molar-refractivity contribution < 1.29 is 9.53 Å². The highest BCUT2D eigenvalue weighted by atomic mass is 35.5. The highest BCUT2D eigenvalue weighted by molar-refractivity contribution is 5.85. The molecule has 0 aromatic carbocycles. The van der Waals surface area contributed by atoms with Crippen molar-refractivity contribution in [3.63, 3.8) is 0 Å². The Labute approximate surface area is 129 Å². The molecule has 118 valence electrons. The summed E-state index contributed by atoms with van der Waals surface area (Å²) in [6.07, 6.45) is 4.25. The van der Waals surface area contributed by atoms with Crippen molar-refractivity contribution in [2.24, 2.45) is 11.8 Å².